The SMILES string of the molecule is CCOC(=O)c1nn(-c2cccc(Br)c2)c(=O)cc1OCc1ccc(C(F)(F)F)cc1. The number of alkyl halides is 3. The van der Waals surface area contributed by atoms with Gasteiger partial charge in [-0.3, -0.25) is 4.79 Å². The summed E-state index contributed by atoms with van der Waals surface area (Å²) in [5.41, 5.74) is -0.748. The van der Waals surface area contributed by atoms with Crippen LogP contribution >= 0.6 is 15.9 Å². The molecule has 3 rings (SSSR count). The lowest BCUT2D eigenvalue weighted by Crippen LogP contribution is -2.25. The summed E-state index contributed by atoms with van der Waals surface area (Å²) in [6.45, 7) is 1.52. The molecule has 0 unspecified atom stereocenters. The molecule has 0 saturated heterocycles. The van der Waals surface area contributed by atoms with Crippen LogP contribution in [0.4, 0.5) is 13.2 Å². The minimum Gasteiger partial charge on any atom is -0.486 e. The number of nitrogens with zero attached hydrogens (tertiary/aromatic N) is 2. The summed E-state index contributed by atoms with van der Waals surface area (Å²) in [6, 6.07) is 12.2. The summed E-state index contributed by atoms with van der Waals surface area (Å²) in [5, 5.41) is 4.10. The van der Waals surface area contributed by atoms with E-state index < -0.39 is 23.3 Å². The highest BCUT2D eigenvalue weighted by Gasteiger charge is 2.30. The number of rotatable bonds is 6. The van der Waals surface area contributed by atoms with Crippen molar-refractivity contribution in [2.75, 3.05) is 6.61 Å². The van der Waals surface area contributed by atoms with Gasteiger partial charge in [0.25, 0.3) is 5.56 Å². The van der Waals surface area contributed by atoms with Crippen LogP contribution in [0.15, 0.2) is 63.9 Å². The van der Waals surface area contributed by atoms with Gasteiger partial charge in [0.15, 0.2) is 5.75 Å². The minimum absolute atomic E-state index is 0.0782. The van der Waals surface area contributed by atoms with E-state index in [0.29, 0.717) is 15.7 Å². The van der Waals surface area contributed by atoms with Crippen molar-refractivity contribution in [2.45, 2.75) is 19.7 Å². The molecule has 1 heterocycles. The van der Waals surface area contributed by atoms with Crippen LogP contribution in [0.25, 0.3) is 5.69 Å². The van der Waals surface area contributed by atoms with Crippen molar-refractivity contribution in [3.63, 3.8) is 0 Å². The van der Waals surface area contributed by atoms with E-state index in [4.69, 9.17) is 9.47 Å². The number of carbonyl (C=O) groups excluding carboxylic acids is 1. The summed E-state index contributed by atoms with van der Waals surface area (Å²) in [7, 11) is 0. The Morgan fingerprint density at radius 3 is 2.45 bits per heavy atom. The molecule has 0 amide bonds. The predicted octanol–water partition coefficient (Wildman–Crippen LogP) is 4.77. The summed E-state index contributed by atoms with van der Waals surface area (Å²) >= 11 is 3.31. The van der Waals surface area contributed by atoms with Crippen LogP contribution in [-0.2, 0) is 17.5 Å². The molecule has 0 saturated carbocycles. The van der Waals surface area contributed by atoms with Crippen LogP contribution in [0, 0.1) is 0 Å². The first-order chi connectivity index (χ1) is 14.7. The van der Waals surface area contributed by atoms with Gasteiger partial charge in [-0.25, -0.2) is 4.79 Å². The molecule has 1 aromatic heterocycles. The first-order valence-corrected chi connectivity index (χ1v) is 9.84. The molecule has 0 atom stereocenters. The van der Waals surface area contributed by atoms with Crippen LogP contribution in [0.5, 0.6) is 5.75 Å². The Hall–Kier alpha value is -3.14. The Kier molecular flexibility index (Phi) is 6.79. The monoisotopic (exact) mass is 496 g/mol. The van der Waals surface area contributed by atoms with Crippen molar-refractivity contribution in [3.05, 3.63) is 86.2 Å². The largest absolute Gasteiger partial charge is 0.486 e. The molecule has 2 aromatic carbocycles. The molecule has 0 radical (unpaired) electrons. The van der Waals surface area contributed by atoms with Gasteiger partial charge in [0.1, 0.15) is 6.61 Å². The normalized spacial score (nSPS) is 11.3. The number of carbonyl (C=O) groups is 1. The topological polar surface area (TPSA) is 70.4 Å². The van der Waals surface area contributed by atoms with E-state index in [1.165, 1.54) is 12.1 Å². The Labute approximate surface area is 183 Å². The van der Waals surface area contributed by atoms with Crippen LogP contribution < -0.4 is 10.3 Å². The minimum atomic E-state index is -4.45. The first-order valence-electron chi connectivity index (χ1n) is 9.05. The third kappa shape index (κ3) is 5.52. The van der Waals surface area contributed by atoms with Gasteiger partial charge < -0.3 is 9.47 Å². The number of esters is 1. The number of halogens is 4. The highest BCUT2D eigenvalue weighted by atomic mass is 79.9. The Balaban J connectivity index is 1.92. The molecule has 0 aliphatic carbocycles. The van der Waals surface area contributed by atoms with Crippen LogP contribution in [0.1, 0.15) is 28.5 Å². The molecule has 0 aliphatic rings. The van der Waals surface area contributed by atoms with E-state index >= 15 is 0 Å². The highest BCUT2D eigenvalue weighted by molar-refractivity contribution is 9.10. The molecular formula is C21H16BrF3N2O4. The third-order valence-electron chi connectivity index (χ3n) is 4.09. The fourth-order valence-corrected chi connectivity index (χ4v) is 3.02. The van der Waals surface area contributed by atoms with Gasteiger partial charge in [-0.2, -0.15) is 23.0 Å². The average Bonchev–Trinajstić information content (AvgIpc) is 2.72. The van der Waals surface area contributed by atoms with Gasteiger partial charge in [0.05, 0.1) is 23.9 Å². The number of ether oxygens (including phenoxy) is 2. The van der Waals surface area contributed by atoms with Crippen LogP contribution in [0.3, 0.4) is 0 Å². The van der Waals surface area contributed by atoms with E-state index in [0.717, 1.165) is 22.9 Å². The molecule has 6 nitrogen and oxygen atoms in total. The number of aromatic nitrogens is 2. The van der Waals surface area contributed by atoms with Crippen molar-refractivity contribution < 1.29 is 27.4 Å². The average molecular weight is 497 g/mol. The van der Waals surface area contributed by atoms with Gasteiger partial charge in [-0.05, 0) is 42.8 Å². The maximum absolute atomic E-state index is 12.7. The van der Waals surface area contributed by atoms with Crippen molar-refractivity contribution in [3.8, 4) is 11.4 Å². The fraction of sp³-hybridized carbons (Fsp3) is 0.190. The predicted molar refractivity (Wildman–Crippen MR) is 109 cm³/mol. The second-order valence-corrected chi connectivity index (χ2v) is 7.21. The standard InChI is InChI=1S/C21H16BrF3N2O4/c1-2-30-20(29)19-17(31-12-13-6-8-14(9-7-13)21(23,24)25)11-18(28)27(26-19)16-5-3-4-15(22)10-16/h3-11H,2,12H2,1H3. The van der Waals surface area contributed by atoms with Crippen molar-refractivity contribution in [2.24, 2.45) is 0 Å². The van der Waals surface area contributed by atoms with Gasteiger partial charge in [-0.15, -0.1) is 0 Å². The fourth-order valence-electron chi connectivity index (χ4n) is 2.63. The maximum Gasteiger partial charge on any atom is 0.416 e. The molecule has 3 aromatic rings. The van der Waals surface area contributed by atoms with Crippen LogP contribution in [-0.4, -0.2) is 22.4 Å². The lowest BCUT2D eigenvalue weighted by atomic mass is 10.1. The molecule has 162 valence electrons. The number of benzene rings is 2. The van der Waals surface area contributed by atoms with Gasteiger partial charge in [-0.1, -0.05) is 34.1 Å². The summed E-state index contributed by atoms with van der Waals surface area (Å²) < 4.78 is 50.4. The quantitative estimate of drug-likeness (QED) is 0.459. The molecule has 0 fully saturated rings. The Morgan fingerprint density at radius 2 is 1.84 bits per heavy atom. The van der Waals surface area contributed by atoms with E-state index in [1.807, 2.05) is 0 Å². The molecule has 0 aliphatic heterocycles. The third-order valence-corrected chi connectivity index (χ3v) is 4.59. The lowest BCUT2D eigenvalue weighted by molar-refractivity contribution is -0.137. The maximum atomic E-state index is 12.7. The summed E-state index contributed by atoms with van der Waals surface area (Å²) in [6.07, 6.45) is -4.45. The Bertz CT molecular complexity index is 1140. The first kappa shape index (κ1) is 22.5. The van der Waals surface area contributed by atoms with E-state index in [2.05, 4.69) is 21.0 Å². The highest BCUT2D eigenvalue weighted by Crippen LogP contribution is 2.29. The summed E-state index contributed by atoms with van der Waals surface area (Å²) in [5.74, 6) is -0.928. The number of hydrogen-bond acceptors (Lipinski definition) is 5. The van der Waals surface area contributed by atoms with Gasteiger partial charge in [0.2, 0.25) is 5.69 Å². The van der Waals surface area contributed by atoms with Crippen molar-refractivity contribution in [1.29, 1.82) is 0 Å². The number of hydrogen-bond donors (Lipinski definition) is 0. The van der Waals surface area contributed by atoms with Crippen LogP contribution in [0.2, 0.25) is 0 Å². The second kappa shape index (κ2) is 9.34. The van der Waals surface area contributed by atoms with Gasteiger partial charge >= 0.3 is 12.1 Å². The zero-order chi connectivity index (χ0) is 22.6. The van der Waals surface area contributed by atoms with Crippen molar-refractivity contribution in [1.82, 2.24) is 9.78 Å². The van der Waals surface area contributed by atoms with E-state index in [9.17, 15) is 22.8 Å². The summed E-state index contributed by atoms with van der Waals surface area (Å²) in [4.78, 5) is 25.0. The molecule has 31 heavy (non-hydrogen) atoms. The zero-order valence-corrected chi connectivity index (χ0v) is 17.7. The smallest absolute Gasteiger partial charge is 0.416 e. The van der Waals surface area contributed by atoms with E-state index in [-0.39, 0.29) is 24.7 Å². The zero-order valence-electron chi connectivity index (χ0n) is 16.1. The van der Waals surface area contributed by atoms with E-state index in [1.54, 1.807) is 31.2 Å². The Morgan fingerprint density at radius 1 is 1.13 bits per heavy atom. The lowest BCUT2D eigenvalue weighted by Gasteiger charge is -2.13. The second-order valence-electron chi connectivity index (χ2n) is 6.29. The molecule has 0 N–H and O–H groups in total. The molecule has 0 bridgehead atoms. The van der Waals surface area contributed by atoms with Gasteiger partial charge in [0, 0.05) is 4.47 Å². The van der Waals surface area contributed by atoms with Crippen molar-refractivity contribution >= 4 is 21.9 Å². The molecular weight excluding hydrogens is 481 g/mol. The molecule has 0 spiro atoms. The molecule has 10 heteroatoms.